The number of hydrogen-bond acceptors (Lipinski definition) is 6. The van der Waals surface area contributed by atoms with Crippen LogP contribution in [0.2, 0.25) is 0 Å². The second-order valence-corrected chi connectivity index (χ2v) is 9.45. The number of amides is 1. The molecule has 2 aromatic rings. The zero-order chi connectivity index (χ0) is 22.6. The van der Waals surface area contributed by atoms with Crippen LogP contribution in [0.3, 0.4) is 0 Å². The minimum Gasteiger partial charge on any atom is -0.490 e. The van der Waals surface area contributed by atoms with Crippen molar-refractivity contribution in [1.82, 2.24) is 0 Å². The summed E-state index contributed by atoms with van der Waals surface area (Å²) in [5.41, 5.74) is 0.531. The first-order chi connectivity index (χ1) is 14.6. The summed E-state index contributed by atoms with van der Waals surface area (Å²) in [7, 11) is -3.86. The number of carbonyl (C=O) groups excluding carboxylic acids is 1. The third-order valence-electron chi connectivity index (χ3n) is 5.17. The lowest BCUT2D eigenvalue weighted by Gasteiger charge is -2.23. The van der Waals surface area contributed by atoms with Crippen molar-refractivity contribution in [2.24, 2.45) is 0 Å². The number of sulfonamides is 1. The third kappa shape index (κ3) is 5.72. The van der Waals surface area contributed by atoms with Crippen LogP contribution in [0, 0.1) is 17.0 Å². The standard InChI is InChI=1S/C21H25N3O6S/c1-15-19(8-5-9-20(15)24(26)27)23(31(2,28)29)14-21(25)22-16-10-12-18(13-11-16)30-17-6-3-4-7-17/h5,8-13,17H,3-4,6-7,14H2,1-2H3,(H,22,25). The topological polar surface area (TPSA) is 119 Å². The van der Waals surface area contributed by atoms with E-state index >= 15 is 0 Å². The second kappa shape index (κ2) is 9.34. The molecule has 166 valence electrons. The molecule has 3 rings (SSSR count). The molecule has 9 nitrogen and oxygen atoms in total. The Morgan fingerprint density at radius 3 is 2.42 bits per heavy atom. The van der Waals surface area contributed by atoms with E-state index in [-0.39, 0.29) is 23.0 Å². The molecule has 0 bridgehead atoms. The van der Waals surface area contributed by atoms with Crippen LogP contribution in [-0.4, -0.2) is 38.2 Å². The van der Waals surface area contributed by atoms with Gasteiger partial charge in [0.25, 0.3) is 5.69 Å². The Labute approximate surface area is 181 Å². The molecular formula is C21H25N3O6S. The Morgan fingerprint density at radius 1 is 1.19 bits per heavy atom. The highest BCUT2D eigenvalue weighted by molar-refractivity contribution is 7.92. The van der Waals surface area contributed by atoms with Gasteiger partial charge in [-0.25, -0.2) is 8.42 Å². The van der Waals surface area contributed by atoms with Gasteiger partial charge < -0.3 is 10.1 Å². The van der Waals surface area contributed by atoms with Gasteiger partial charge in [0.2, 0.25) is 15.9 Å². The molecule has 1 saturated carbocycles. The van der Waals surface area contributed by atoms with E-state index in [9.17, 15) is 23.3 Å². The SMILES string of the molecule is Cc1c(N(CC(=O)Nc2ccc(OC3CCCC3)cc2)S(C)(=O)=O)cccc1[N+](=O)[O-]. The molecule has 0 heterocycles. The molecule has 0 aromatic heterocycles. The van der Waals surface area contributed by atoms with Gasteiger partial charge in [-0.15, -0.1) is 0 Å². The van der Waals surface area contributed by atoms with E-state index < -0.39 is 27.4 Å². The van der Waals surface area contributed by atoms with Gasteiger partial charge >= 0.3 is 0 Å². The maximum Gasteiger partial charge on any atom is 0.274 e. The number of nitrogens with one attached hydrogen (secondary N) is 1. The molecule has 0 unspecified atom stereocenters. The van der Waals surface area contributed by atoms with Crippen molar-refractivity contribution in [2.45, 2.75) is 38.7 Å². The van der Waals surface area contributed by atoms with Crippen molar-refractivity contribution in [3.8, 4) is 5.75 Å². The van der Waals surface area contributed by atoms with Crippen LogP contribution in [0.1, 0.15) is 31.2 Å². The van der Waals surface area contributed by atoms with E-state index in [1.54, 1.807) is 24.3 Å². The van der Waals surface area contributed by atoms with Crippen molar-refractivity contribution in [3.63, 3.8) is 0 Å². The number of anilines is 2. The fourth-order valence-corrected chi connectivity index (χ4v) is 4.51. The molecule has 0 spiro atoms. The van der Waals surface area contributed by atoms with Gasteiger partial charge in [-0.3, -0.25) is 19.2 Å². The molecule has 1 aliphatic rings. The van der Waals surface area contributed by atoms with Crippen molar-refractivity contribution >= 4 is 33.0 Å². The molecule has 0 radical (unpaired) electrons. The third-order valence-corrected chi connectivity index (χ3v) is 6.30. The largest absolute Gasteiger partial charge is 0.490 e. The fourth-order valence-electron chi connectivity index (χ4n) is 3.61. The van der Waals surface area contributed by atoms with Crippen molar-refractivity contribution in [2.75, 3.05) is 22.4 Å². The highest BCUT2D eigenvalue weighted by atomic mass is 32.2. The minimum absolute atomic E-state index is 0.0900. The average Bonchev–Trinajstić information content (AvgIpc) is 3.20. The first-order valence-electron chi connectivity index (χ1n) is 9.93. The van der Waals surface area contributed by atoms with Crippen molar-refractivity contribution in [3.05, 3.63) is 58.1 Å². The summed E-state index contributed by atoms with van der Waals surface area (Å²) < 4.78 is 31.4. The maximum atomic E-state index is 12.6. The zero-order valence-electron chi connectivity index (χ0n) is 17.4. The predicted octanol–water partition coefficient (Wildman–Crippen LogP) is 3.63. The summed E-state index contributed by atoms with van der Waals surface area (Å²) >= 11 is 0. The lowest BCUT2D eigenvalue weighted by Crippen LogP contribution is -2.38. The molecule has 2 aromatic carbocycles. The fraction of sp³-hybridized carbons (Fsp3) is 0.381. The Hall–Kier alpha value is -3.14. The number of nitro benzene ring substituents is 1. The Balaban J connectivity index is 1.72. The summed E-state index contributed by atoms with van der Waals surface area (Å²) in [4.78, 5) is 23.2. The minimum atomic E-state index is -3.86. The van der Waals surface area contributed by atoms with Crippen LogP contribution in [-0.2, 0) is 14.8 Å². The molecule has 31 heavy (non-hydrogen) atoms. The monoisotopic (exact) mass is 447 g/mol. The van der Waals surface area contributed by atoms with Crippen LogP contribution in [0.5, 0.6) is 5.75 Å². The van der Waals surface area contributed by atoms with Crippen LogP contribution in [0.25, 0.3) is 0 Å². The summed E-state index contributed by atoms with van der Waals surface area (Å²) in [6, 6.07) is 11.0. The smallest absolute Gasteiger partial charge is 0.274 e. The number of carbonyl (C=O) groups is 1. The highest BCUT2D eigenvalue weighted by Crippen LogP contribution is 2.30. The van der Waals surface area contributed by atoms with Crippen LogP contribution >= 0.6 is 0 Å². The number of ether oxygens (including phenoxy) is 1. The molecule has 0 atom stereocenters. The van der Waals surface area contributed by atoms with Gasteiger partial charge in [0.05, 0.1) is 28.5 Å². The Bertz CT molecular complexity index is 1060. The lowest BCUT2D eigenvalue weighted by molar-refractivity contribution is -0.385. The summed E-state index contributed by atoms with van der Waals surface area (Å²) in [5, 5.41) is 13.9. The predicted molar refractivity (Wildman–Crippen MR) is 118 cm³/mol. The number of hydrogen-bond donors (Lipinski definition) is 1. The zero-order valence-corrected chi connectivity index (χ0v) is 18.2. The Kier molecular flexibility index (Phi) is 6.79. The van der Waals surface area contributed by atoms with Crippen LogP contribution in [0.4, 0.5) is 17.1 Å². The number of nitro groups is 1. The van der Waals surface area contributed by atoms with Crippen molar-refractivity contribution in [1.29, 1.82) is 0 Å². The van der Waals surface area contributed by atoms with E-state index in [1.807, 2.05) is 0 Å². The van der Waals surface area contributed by atoms with Crippen LogP contribution in [0.15, 0.2) is 42.5 Å². The van der Waals surface area contributed by atoms with E-state index in [2.05, 4.69) is 5.32 Å². The van der Waals surface area contributed by atoms with Gasteiger partial charge in [-0.1, -0.05) is 6.07 Å². The van der Waals surface area contributed by atoms with Gasteiger partial charge in [0, 0.05) is 11.8 Å². The molecule has 1 amide bonds. The van der Waals surface area contributed by atoms with Gasteiger partial charge in [-0.2, -0.15) is 0 Å². The quantitative estimate of drug-likeness (QED) is 0.488. The maximum absolute atomic E-state index is 12.6. The summed E-state index contributed by atoms with van der Waals surface area (Å²) in [6.45, 7) is 0.938. The average molecular weight is 448 g/mol. The first-order valence-corrected chi connectivity index (χ1v) is 11.8. The molecule has 0 aliphatic heterocycles. The number of rotatable bonds is 8. The molecule has 1 aliphatic carbocycles. The van der Waals surface area contributed by atoms with Gasteiger partial charge in [0.15, 0.2) is 0 Å². The van der Waals surface area contributed by atoms with E-state index in [0.29, 0.717) is 5.69 Å². The molecule has 1 fully saturated rings. The lowest BCUT2D eigenvalue weighted by atomic mass is 10.1. The molecule has 0 saturated heterocycles. The summed E-state index contributed by atoms with van der Waals surface area (Å²) in [6.07, 6.45) is 5.59. The van der Waals surface area contributed by atoms with E-state index in [1.165, 1.54) is 38.0 Å². The van der Waals surface area contributed by atoms with Gasteiger partial charge in [0.1, 0.15) is 12.3 Å². The van der Waals surface area contributed by atoms with Crippen LogP contribution < -0.4 is 14.4 Å². The first kappa shape index (κ1) is 22.5. The summed E-state index contributed by atoms with van der Waals surface area (Å²) in [5.74, 6) is 0.149. The molecule has 1 N–H and O–H groups in total. The number of benzene rings is 2. The van der Waals surface area contributed by atoms with E-state index in [0.717, 1.165) is 29.2 Å². The second-order valence-electron chi connectivity index (χ2n) is 7.54. The molecule has 10 heteroatoms. The van der Waals surface area contributed by atoms with E-state index in [4.69, 9.17) is 4.74 Å². The highest BCUT2D eigenvalue weighted by Gasteiger charge is 2.26. The number of nitrogens with zero attached hydrogens (tertiary/aromatic N) is 2. The Morgan fingerprint density at radius 2 is 1.84 bits per heavy atom. The molecular weight excluding hydrogens is 422 g/mol. The van der Waals surface area contributed by atoms with Crippen molar-refractivity contribution < 1.29 is 22.9 Å². The van der Waals surface area contributed by atoms with Gasteiger partial charge in [-0.05, 0) is 62.9 Å². The normalized spacial score (nSPS) is 14.3.